The zero-order valence-corrected chi connectivity index (χ0v) is 5.61. The Bertz CT molecular complexity index is 44.9. The Labute approximate surface area is 40.5 Å². The third-order valence-electron chi connectivity index (χ3n) is 0.531. The summed E-state index contributed by atoms with van der Waals surface area (Å²) in [6, 6.07) is 1.50. The van der Waals surface area contributed by atoms with Gasteiger partial charge in [-0.3, -0.25) is 0 Å². The van der Waals surface area contributed by atoms with Gasteiger partial charge < -0.3 is 0 Å². The molecule has 0 amide bonds. The summed E-state index contributed by atoms with van der Waals surface area (Å²) < 4.78 is 2.45. The molecule has 1 heterocycles. The molecular weight excluding hydrogens is 143 g/mol. The molecule has 0 aromatic heterocycles. The van der Waals surface area contributed by atoms with Crippen LogP contribution >= 0.6 is 0 Å². The number of hydrogen-bond donors (Lipinski definition) is 0. The van der Waals surface area contributed by atoms with Crippen LogP contribution in [0.2, 0.25) is 11.4 Å². The van der Waals surface area contributed by atoms with Crippen LogP contribution in [-0.4, -0.2) is 28.6 Å². The van der Waals surface area contributed by atoms with Gasteiger partial charge in [0.25, 0.3) is 0 Å². The monoisotopic (exact) mass is 149 g/mol. The quantitative estimate of drug-likeness (QED) is 0.424. The summed E-state index contributed by atoms with van der Waals surface area (Å²) in [5, 5.41) is 1.52. The summed E-state index contributed by atoms with van der Waals surface area (Å²) in [4.78, 5) is 0. The molecule has 2 heteroatoms. The summed E-state index contributed by atoms with van der Waals surface area (Å²) in [5.74, 6) is 0. The van der Waals surface area contributed by atoms with E-state index in [0.29, 0.717) is 0 Å². The van der Waals surface area contributed by atoms with E-state index in [1.165, 1.54) is 20.9 Å². The van der Waals surface area contributed by atoms with Gasteiger partial charge in [0.2, 0.25) is 0 Å². The third-order valence-corrected chi connectivity index (χ3v) is 5.23. The molecule has 0 aromatic rings. The van der Waals surface area contributed by atoms with E-state index in [1.807, 2.05) is 0 Å². The van der Waals surface area contributed by atoms with Gasteiger partial charge in [-0.1, -0.05) is 0 Å². The van der Waals surface area contributed by atoms with Gasteiger partial charge in [-0.2, -0.15) is 0 Å². The molecular formula is C3H5SeSi. The van der Waals surface area contributed by atoms with Crippen molar-refractivity contribution in [1.82, 2.24) is 0 Å². The summed E-state index contributed by atoms with van der Waals surface area (Å²) in [5.41, 5.74) is 0. The van der Waals surface area contributed by atoms with E-state index in [0.717, 1.165) is 14.5 Å². The van der Waals surface area contributed by atoms with E-state index < -0.39 is 0 Å². The second-order valence-electron chi connectivity index (χ2n) is 0.943. The summed E-state index contributed by atoms with van der Waals surface area (Å²) in [7, 11) is 1.21. The Kier molecular flexibility index (Phi) is 1.44. The molecule has 0 N–H and O–H groups in total. The molecule has 0 bridgehead atoms. The van der Waals surface area contributed by atoms with Gasteiger partial charge in [-0.15, -0.1) is 0 Å². The normalized spacial score (nSPS) is 20.8. The van der Waals surface area contributed by atoms with E-state index in [-0.39, 0.29) is 0 Å². The fraction of sp³-hybridized carbons (Fsp3) is 0.667. The first-order chi connectivity index (χ1) is 2.50. The van der Waals surface area contributed by atoms with Crippen molar-refractivity contribution in [3.8, 4) is 0 Å². The van der Waals surface area contributed by atoms with E-state index in [4.69, 9.17) is 0 Å². The van der Waals surface area contributed by atoms with Crippen LogP contribution in [0.3, 0.4) is 0 Å². The second kappa shape index (κ2) is 1.91. The Morgan fingerprint density at radius 2 is 2.80 bits per heavy atom. The maximum atomic E-state index is 2.45. The van der Waals surface area contributed by atoms with Crippen LogP contribution in [0.25, 0.3) is 0 Å². The van der Waals surface area contributed by atoms with Gasteiger partial charge >= 0.3 is 39.9 Å². The zero-order valence-electron chi connectivity index (χ0n) is 2.90. The van der Waals surface area contributed by atoms with Crippen LogP contribution < -0.4 is 0 Å². The van der Waals surface area contributed by atoms with Crippen molar-refractivity contribution in [2.75, 3.05) is 0 Å². The summed E-state index contributed by atoms with van der Waals surface area (Å²) >= 11 is 0.957. The molecule has 0 fully saturated rings. The van der Waals surface area contributed by atoms with E-state index in [9.17, 15) is 0 Å². The van der Waals surface area contributed by atoms with E-state index in [2.05, 4.69) is 4.54 Å². The molecule has 1 rings (SSSR count). The molecule has 0 nitrogen and oxygen atoms in total. The van der Waals surface area contributed by atoms with Gasteiger partial charge in [-0.05, 0) is 0 Å². The Morgan fingerprint density at radius 1 is 1.80 bits per heavy atom. The standard InChI is InChI=1S/C3H5SeSi/c1-2-5-3-4-1/h3H,1-2H2. The van der Waals surface area contributed by atoms with Gasteiger partial charge in [0.05, 0.1) is 0 Å². The molecule has 3 radical (unpaired) electrons. The Balaban J connectivity index is 2.32. The fourth-order valence-corrected chi connectivity index (χ4v) is 4.59. The summed E-state index contributed by atoms with van der Waals surface area (Å²) in [6.45, 7) is 0. The fourth-order valence-electron chi connectivity index (χ4n) is 0.295. The van der Waals surface area contributed by atoms with Crippen LogP contribution in [0.15, 0.2) is 0 Å². The first-order valence-corrected chi connectivity index (χ1v) is 5.15. The van der Waals surface area contributed by atoms with E-state index >= 15 is 0 Å². The van der Waals surface area contributed by atoms with Crippen molar-refractivity contribution in [2.24, 2.45) is 0 Å². The molecule has 0 saturated heterocycles. The van der Waals surface area contributed by atoms with Gasteiger partial charge in [0.15, 0.2) is 0 Å². The minimum absolute atomic E-state index is 0.957. The van der Waals surface area contributed by atoms with Gasteiger partial charge in [0, 0.05) is 0 Å². The first kappa shape index (κ1) is 3.78. The molecule has 5 heavy (non-hydrogen) atoms. The molecule has 0 unspecified atom stereocenters. The third kappa shape index (κ3) is 0.996. The molecule has 0 atom stereocenters. The topological polar surface area (TPSA) is 0 Å². The predicted molar refractivity (Wildman–Crippen MR) is 27.2 cm³/mol. The van der Waals surface area contributed by atoms with Crippen LogP contribution in [-0.2, 0) is 0 Å². The van der Waals surface area contributed by atoms with Crippen molar-refractivity contribution in [2.45, 2.75) is 11.4 Å². The van der Waals surface area contributed by atoms with Crippen LogP contribution in [0.4, 0.5) is 0 Å². The molecule has 1 aliphatic heterocycles. The van der Waals surface area contributed by atoms with Crippen LogP contribution in [0, 0.1) is 0 Å². The minimum atomic E-state index is 0.957. The molecule has 0 aromatic carbocycles. The molecule has 0 spiro atoms. The molecule has 1 aliphatic rings. The van der Waals surface area contributed by atoms with Crippen molar-refractivity contribution in [3.05, 3.63) is 0 Å². The number of hydrogen-bond acceptors (Lipinski definition) is 0. The Hall–Kier alpha value is 0.606. The average Bonchev–Trinajstić information content (AvgIpc) is 1.76. The molecule has 0 saturated carbocycles. The van der Waals surface area contributed by atoms with Crippen molar-refractivity contribution >= 4 is 28.6 Å². The van der Waals surface area contributed by atoms with Crippen molar-refractivity contribution in [3.63, 3.8) is 0 Å². The molecule has 27 valence electrons. The number of rotatable bonds is 0. The average molecular weight is 148 g/mol. The van der Waals surface area contributed by atoms with Gasteiger partial charge in [0.1, 0.15) is 0 Å². The summed E-state index contributed by atoms with van der Waals surface area (Å²) in [6.07, 6.45) is 0. The maximum absolute atomic E-state index is 2.45. The first-order valence-electron chi connectivity index (χ1n) is 1.67. The molecule has 0 aliphatic carbocycles. The van der Waals surface area contributed by atoms with Crippen molar-refractivity contribution < 1.29 is 0 Å². The predicted octanol–water partition coefficient (Wildman–Crippen LogP) is 0.00470. The van der Waals surface area contributed by atoms with Gasteiger partial charge in [-0.25, -0.2) is 0 Å². The van der Waals surface area contributed by atoms with Crippen LogP contribution in [0.5, 0.6) is 0 Å². The second-order valence-corrected chi connectivity index (χ2v) is 5.13. The SMILES string of the molecule is C1=[Se]CC[Si]1. The Morgan fingerprint density at radius 3 is 3.00 bits per heavy atom. The van der Waals surface area contributed by atoms with Crippen LogP contribution in [0.1, 0.15) is 0 Å². The zero-order chi connectivity index (χ0) is 3.54. The van der Waals surface area contributed by atoms with E-state index in [1.54, 1.807) is 0 Å². The van der Waals surface area contributed by atoms with Crippen molar-refractivity contribution in [1.29, 1.82) is 0 Å².